The highest BCUT2D eigenvalue weighted by atomic mass is 127. The largest absolute Gasteiger partial charge is 0.507 e. The third-order valence-corrected chi connectivity index (χ3v) is 4.09. The molecular formula is C17H11IN4O2. The van der Waals surface area contributed by atoms with Crippen LogP contribution in [0.25, 0.3) is 6.08 Å². The van der Waals surface area contributed by atoms with Gasteiger partial charge in [-0.3, -0.25) is 0 Å². The number of aliphatic hydroxyl groups is 1. The standard InChI is InChI=1S/C17H11IN4O2/c1-17(24)14(4-2-10-6-12(18)3-5-15(10)23)13(9-21)16(22-17)11(7-19)8-20/h2-6,22-24H,1H3/b4-2+. The molecule has 7 heteroatoms. The van der Waals surface area contributed by atoms with E-state index in [2.05, 4.69) is 27.9 Å². The van der Waals surface area contributed by atoms with Gasteiger partial charge in [-0.25, -0.2) is 0 Å². The molecule has 1 aromatic carbocycles. The number of aromatic hydroxyl groups is 1. The summed E-state index contributed by atoms with van der Waals surface area (Å²) in [5, 5.41) is 50.3. The third kappa shape index (κ3) is 3.26. The number of nitrogens with zero attached hydrogens (tertiary/aromatic N) is 3. The number of nitriles is 3. The van der Waals surface area contributed by atoms with Crippen LogP contribution in [0, 0.1) is 37.6 Å². The number of hydrogen-bond acceptors (Lipinski definition) is 6. The van der Waals surface area contributed by atoms with Gasteiger partial charge in [0.05, 0.1) is 11.3 Å². The molecule has 2 rings (SSSR count). The van der Waals surface area contributed by atoms with Gasteiger partial charge in [-0.2, -0.15) is 15.8 Å². The monoisotopic (exact) mass is 430 g/mol. The molecule has 0 aromatic heterocycles. The van der Waals surface area contributed by atoms with Gasteiger partial charge < -0.3 is 15.5 Å². The predicted octanol–water partition coefficient (Wildman–Crippen LogP) is 2.44. The highest BCUT2D eigenvalue weighted by molar-refractivity contribution is 14.1. The summed E-state index contributed by atoms with van der Waals surface area (Å²) in [6.07, 6.45) is 3.04. The summed E-state index contributed by atoms with van der Waals surface area (Å²) >= 11 is 2.10. The Hall–Kier alpha value is -2.80. The van der Waals surface area contributed by atoms with E-state index in [4.69, 9.17) is 10.5 Å². The Labute approximate surface area is 152 Å². The van der Waals surface area contributed by atoms with Crippen LogP contribution in [0.5, 0.6) is 5.75 Å². The maximum absolute atomic E-state index is 10.5. The summed E-state index contributed by atoms with van der Waals surface area (Å²) in [4.78, 5) is 0. The maximum atomic E-state index is 10.5. The van der Waals surface area contributed by atoms with Crippen LogP contribution in [-0.4, -0.2) is 15.9 Å². The summed E-state index contributed by atoms with van der Waals surface area (Å²) in [5.74, 6) is 0.0573. The average molecular weight is 430 g/mol. The first-order valence-electron chi connectivity index (χ1n) is 6.71. The highest BCUT2D eigenvalue weighted by Crippen LogP contribution is 2.34. The summed E-state index contributed by atoms with van der Waals surface area (Å²) in [6, 6.07) is 10.3. The quantitative estimate of drug-likeness (QED) is 0.489. The first-order valence-corrected chi connectivity index (χ1v) is 7.78. The van der Waals surface area contributed by atoms with Crippen LogP contribution < -0.4 is 5.32 Å². The lowest BCUT2D eigenvalue weighted by molar-refractivity contribution is 0.0851. The van der Waals surface area contributed by atoms with Crippen LogP contribution in [0.2, 0.25) is 0 Å². The normalized spacial score (nSPS) is 19.6. The molecule has 1 unspecified atom stereocenters. The first-order chi connectivity index (χ1) is 11.3. The van der Waals surface area contributed by atoms with Gasteiger partial charge in [-0.15, -0.1) is 0 Å². The molecule has 6 nitrogen and oxygen atoms in total. The molecule has 1 atom stereocenters. The Morgan fingerprint density at radius 2 is 1.92 bits per heavy atom. The van der Waals surface area contributed by atoms with E-state index in [9.17, 15) is 15.5 Å². The number of halogens is 1. The molecular weight excluding hydrogens is 419 g/mol. The smallest absolute Gasteiger partial charge is 0.160 e. The molecule has 118 valence electrons. The van der Waals surface area contributed by atoms with Crippen molar-refractivity contribution in [3.63, 3.8) is 0 Å². The summed E-state index contributed by atoms with van der Waals surface area (Å²) in [7, 11) is 0. The van der Waals surface area contributed by atoms with Crippen LogP contribution in [-0.2, 0) is 0 Å². The number of phenolic OH excluding ortho intramolecular Hbond substituents is 1. The van der Waals surface area contributed by atoms with E-state index >= 15 is 0 Å². The van der Waals surface area contributed by atoms with E-state index < -0.39 is 5.72 Å². The molecule has 0 fully saturated rings. The fraction of sp³-hybridized carbons (Fsp3) is 0.118. The Morgan fingerprint density at radius 1 is 1.25 bits per heavy atom. The molecule has 1 heterocycles. The topological polar surface area (TPSA) is 124 Å². The van der Waals surface area contributed by atoms with Gasteiger partial charge in [0.25, 0.3) is 0 Å². The molecule has 0 radical (unpaired) electrons. The average Bonchev–Trinajstić information content (AvgIpc) is 2.79. The van der Waals surface area contributed by atoms with Crippen molar-refractivity contribution in [3.05, 3.63) is 55.8 Å². The van der Waals surface area contributed by atoms with Crippen molar-refractivity contribution in [3.8, 4) is 24.0 Å². The third-order valence-electron chi connectivity index (χ3n) is 3.42. The van der Waals surface area contributed by atoms with Crippen LogP contribution in [0.15, 0.2) is 46.7 Å². The van der Waals surface area contributed by atoms with E-state index in [0.717, 1.165) is 3.57 Å². The molecule has 0 bridgehead atoms. The van der Waals surface area contributed by atoms with Crippen molar-refractivity contribution in [2.24, 2.45) is 0 Å². The van der Waals surface area contributed by atoms with Crippen molar-refractivity contribution in [2.45, 2.75) is 12.6 Å². The van der Waals surface area contributed by atoms with Gasteiger partial charge in [0.2, 0.25) is 0 Å². The minimum atomic E-state index is -1.62. The van der Waals surface area contributed by atoms with Gasteiger partial charge >= 0.3 is 0 Å². The molecule has 24 heavy (non-hydrogen) atoms. The van der Waals surface area contributed by atoms with Gasteiger partial charge in [-0.1, -0.05) is 12.2 Å². The molecule has 1 aromatic rings. The minimum Gasteiger partial charge on any atom is -0.507 e. The van der Waals surface area contributed by atoms with Gasteiger partial charge in [-0.05, 0) is 47.7 Å². The van der Waals surface area contributed by atoms with Crippen LogP contribution in [0.3, 0.4) is 0 Å². The molecule has 1 aliphatic heterocycles. The molecule has 0 spiro atoms. The zero-order chi connectivity index (χ0) is 17.9. The minimum absolute atomic E-state index is 0.000913. The lowest BCUT2D eigenvalue weighted by Crippen LogP contribution is -2.38. The predicted molar refractivity (Wildman–Crippen MR) is 94.5 cm³/mol. The lowest BCUT2D eigenvalue weighted by atomic mass is 10.0. The number of rotatable bonds is 2. The first kappa shape index (κ1) is 17.6. The fourth-order valence-corrected chi connectivity index (χ4v) is 2.78. The van der Waals surface area contributed by atoms with Gasteiger partial charge in [0.15, 0.2) is 11.3 Å². The summed E-state index contributed by atoms with van der Waals surface area (Å²) in [6.45, 7) is 1.41. The van der Waals surface area contributed by atoms with Crippen molar-refractivity contribution in [1.82, 2.24) is 5.32 Å². The Bertz CT molecular complexity index is 905. The second-order valence-corrected chi connectivity index (χ2v) is 6.35. The zero-order valence-electron chi connectivity index (χ0n) is 12.5. The molecule has 1 aliphatic rings. The molecule has 3 N–H and O–H groups in total. The Kier molecular flexibility index (Phi) is 4.94. The summed E-state index contributed by atoms with van der Waals surface area (Å²) < 4.78 is 0.910. The zero-order valence-corrected chi connectivity index (χ0v) is 14.7. The number of phenols is 1. The Balaban J connectivity index is 2.60. The van der Waals surface area contributed by atoms with Crippen LogP contribution in [0.1, 0.15) is 12.5 Å². The van der Waals surface area contributed by atoms with E-state index in [-0.39, 0.29) is 28.2 Å². The van der Waals surface area contributed by atoms with E-state index in [1.165, 1.54) is 13.0 Å². The molecule has 0 amide bonds. The van der Waals surface area contributed by atoms with Crippen LogP contribution in [0.4, 0.5) is 0 Å². The molecule has 0 aliphatic carbocycles. The molecule has 0 saturated carbocycles. The van der Waals surface area contributed by atoms with Crippen LogP contribution >= 0.6 is 22.6 Å². The fourth-order valence-electron chi connectivity index (χ4n) is 2.27. The van der Waals surface area contributed by atoms with Crippen molar-refractivity contribution in [2.75, 3.05) is 0 Å². The Morgan fingerprint density at radius 3 is 2.50 bits per heavy atom. The summed E-state index contributed by atoms with van der Waals surface area (Å²) in [5.41, 5.74) is -1.17. The van der Waals surface area contributed by atoms with E-state index in [1.807, 2.05) is 6.07 Å². The van der Waals surface area contributed by atoms with E-state index in [0.29, 0.717) is 5.56 Å². The van der Waals surface area contributed by atoms with E-state index in [1.54, 1.807) is 36.4 Å². The van der Waals surface area contributed by atoms with Crippen molar-refractivity contribution in [1.29, 1.82) is 15.8 Å². The number of hydrogen-bond donors (Lipinski definition) is 3. The SMILES string of the molecule is CC1(O)NC(=C(C#N)C#N)C(C#N)=C1/C=C/c1cc(I)ccc1O. The van der Waals surface area contributed by atoms with Crippen molar-refractivity contribution >= 4 is 28.7 Å². The van der Waals surface area contributed by atoms with Gasteiger partial charge in [0.1, 0.15) is 24.0 Å². The molecule has 0 saturated heterocycles. The number of allylic oxidation sites excluding steroid dienone is 2. The lowest BCUT2D eigenvalue weighted by Gasteiger charge is -2.20. The highest BCUT2D eigenvalue weighted by Gasteiger charge is 2.38. The second kappa shape index (κ2) is 6.76. The number of nitrogens with one attached hydrogen (secondary N) is 1. The van der Waals surface area contributed by atoms with Gasteiger partial charge in [0, 0.05) is 14.7 Å². The maximum Gasteiger partial charge on any atom is 0.160 e. The number of benzene rings is 1. The second-order valence-electron chi connectivity index (χ2n) is 5.11. The van der Waals surface area contributed by atoms with Crippen molar-refractivity contribution < 1.29 is 10.2 Å².